The van der Waals surface area contributed by atoms with Crippen LogP contribution >= 0.6 is 24.8 Å². The van der Waals surface area contributed by atoms with Gasteiger partial charge in [0, 0.05) is 32.2 Å². The molecule has 1 saturated heterocycles. The highest BCUT2D eigenvalue weighted by Crippen LogP contribution is 2.27. The van der Waals surface area contributed by atoms with Crippen molar-refractivity contribution in [1.82, 2.24) is 10.2 Å². The van der Waals surface area contributed by atoms with Crippen molar-refractivity contribution < 1.29 is 0 Å². The van der Waals surface area contributed by atoms with Gasteiger partial charge in [0.2, 0.25) is 0 Å². The van der Waals surface area contributed by atoms with E-state index in [1.54, 1.807) is 0 Å². The minimum atomic E-state index is 0. The van der Waals surface area contributed by atoms with Crippen LogP contribution in [0.3, 0.4) is 0 Å². The average Bonchev–Trinajstić information content (AvgIpc) is 2.61. The number of benzene rings is 2. The largest absolute Gasteiger partial charge is 0.314 e. The van der Waals surface area contributed by atoms with Crippen LogP contribution in [0.15, 0.2) is 54.6 Å². The molecule has 1 aliphatic heterocycles. The second kappa shape index (κ2) is 10.3. The molecule has 1 aliphatic rings. The lowest BCUT2D eigenvalue weighted by Gasteiger charge is -2.34. The third kappa shape index (κ3) is 4.96. The Labute approximate surface area is 156 Å². The van der Waals surface area contributed by atoms with Crippen LogP contribution in [-0.2, 0) is 0 Å². The molecule has 0 bridgehead atoms. The van der Waals surface area contributed by atoms with Gasteiger partial charge in [-0.1, -0.05) is 54.6 Å². The van der Waals surface area contributed by atoms with Crippen LogP contribution in [0.4, 0.5) is 0 Å². The number of nitrogens with one attached hydrogen (secondary N) is 1. The summed E-state index contributed by atoms with van der Waals surface area (Å²) in [6.07, 6.45) is 0.546. The predicted molar refractivity (Wildman–Crippen MR) is 104 cm³/mol. The first-order valence-corrected chi connectivity index (χ1v) is 7.85. The minimum absolute atomic E-state index is 0. The second-order valence-electron chi connectivity index (χ2n) is 5.65. The van der Waals surface area contributed by atoms with Gasteiger partial charge in [0.1, 0.15) is 0 Å². The molecule has 1 N–H and O–H groups in total. The quantitative estimate of drug-likeness (QED) is 0.889. The fourth-order valence-corrected chi connectivity index (χ4v) is 3.07. The maximum Gasteiger partial charge on any atom is 0.0641 e. The number of nitrogens with zero attached hydrogens (tertiary/aromatic N) is 2. The third-order valence-electron chi connectivity index (χ3n) is 4.28. The fourth-order valence-electron chi connectivity index (χ4n) is 3.07. The van der Waals surface area contributed by atoms with E-state index in [1.165, 1.54) is 16.7 Å². The van der Waals surface area contributed by atoms with E-state index in [-0.39, 0.29) is 30.9 Å². The zero-order chi connectivity index (χ0) is 15.2. The van der Waals surface area contributed by atoms with Crippen LogP contribution in [0, 0.1) is 11.3 Å². The molecule has 5 heteroatoms. The molecule has 0 aliphatic carbocycles. The SMILES string of the molecule is Cl.Cl.N#CC[C@@H](c1ccc(-c2ccccc2)cc1)N1CCNCC1. The summed E-state index contributed by atoms with van der Waals surface area (Å²) >= 11 is 0. The Morgan fingerprint density at radius 1 is 0.917 bits per heavy atom. The smallest absolute Gasteiger partial charge is 0.0641 e. The van der Waals surface area contributed by atoms with E-state index in [4.69, 9.17) is 5.26 Å². The first-order chi connectivity index (χ1) is 10.9. The van der Waals surface area contributed by atoms with E-state index in [9.17, 15) is 0 Å². The van der Waals surface area contributed by atoms with Gasteiger partial charge in [-0.15, -0.1) is 24.8 Å². The number of piperazine rings is 1. The van der Waals surface area contributed by atoms with Gasteiger partial charge < -0.3 is 5.32 Å². The van der Waals surface area contributed by atoms with Crippen LogP contribution in [-0.4, -0.2) is 31.1 Å². The van der Waals surface area contributed by atoms with Crippen molar-refractivity contribution in [3.8, 4) is 17.2 Å². The fraction of sp³-hybridized carbons (Fsp3) is 0.316. The normalized spacial score (nSPS) is 15.5. The Kier molecular flexibility index (Phi) is 8.81. The van der Waals surface area contributed by atoms with Gasteiger partial charge in [-0.2, -0.15) is 5.26 Å². The summed E-state index contributed by atoms with van der Waals surface area (Å²) in [5.74, 6) is 0. The van der Waals surface area contributed by atoms with Crippen molar-refractivity contribution in [3.63, 3.8) is 0 Å². The van der Waals surface area contributed by atoms with Crippen molar-refractivity contribution in [2.75, 3.05) is 26.2 Å². The summed E-state index contributed by atoms with van der Waals surface area (Å²) in [6.45, 7) is 4.02. The van der Waals surface area contributed by atoms with Gasteiger partial charge in [-0.05, 0) is 16.7 Å². The predicted octanol–water partition coefficient (Wildman–Crippen LogP) is 4.06. The van der Waals surface area contributed by atoms with Crippen LogP contribution < -0.4 is 5.32 Å². The molecule has 128 valence electrons. The van der Waals surface area contributed by atoms with Crippen molar-refractivity contribution in [2.24, 2.45) is 0 Å². The third-order valence-corrected chi connectivity index (χ3v) is 4.28. The number of hydrogen-bond acceptors (Lipinski definition) is 3. The highest BCUT2D eigenvalue weighted by molar-refractivity contribution is 5.85. The zero-order valence-corrected chi connectivity index (χ0v) is 15.2. The molecule has 0 spiro atoms. The Bertz CT molecular complexity index is 632. The van der Waals surface area contributed by atoms with Gasteiger partial charge in [-0.25, -0.2) is 0 Å². The summed E-state index contributed by atoms with van der Waals surface area (Å²) in [5, 5.41) is 12.5. The average molecular weight is 364 g/mol. The van der Waals surface area contributed by atoms with Crippen molar-refractivity contribution in [1.29, 1.82) is 5.26 Å². The van der Waals surface area contributed by atoms with E-state index in [0.717, 1.165) is 26.2 Å². The van der Waals surface area contributed by atoms with E-state index < -0.39 is 0 Å². The van der Waals surface area contributed by atoms with Crippen LogP contribution in [0.5, 0.6) is 0 Å². The molecular formula is C19H23Cl2N3. The van der Waals surface area contributed by atoms with Crippen LogP contribution in [0.25, 0.3) is 11.1 Å². The van der Waals surface area contributed by atoms with Gasteiger partial charge >= 0.3 is 0 Å². The molecule has 3 rings (SSSR count). The van der Waals surface area contributed by atoms with E-state index in [2.05, 4.69) is 64.8 Å². The highest BCUT2D eigenvalue weighted by Gasteiger charge is 2.21. The maximum atomic E-state index is 9.17. The van der Waals surface area contributed by atoms with Gasteiger partial charge in [-0.3, -0.25) is 4.90 Å². The molecule has 2 aromatic rings. The summed E-state index contributed by atoms with van der Waals surface area (Å²) in [5.41, 5.74) is 3.69. The van der Waals surface area contributed by atoms with Crippen LogP contribution in [0.2, 0.25) is 0 Å². The van der Waals surface area contributed by atoms with E-state index in [1.807, 2.05) is 6.07 Å². The van der Waals surface area contributed by atoms with Gasteiger partial charge in [0.05, 0.1) is 12.5 Å². The topological polar surface area (TPSA) is 39.1 Å². The number of halogens is 2. The Balaban J connectivity index is 0.00000144. The molecule has 24 heavy (non-hydrogen) atoms. The molecule has 0 amide bonds. The van der Waals surface area contributed by atoms with Crippen molar-refractivity contribution >= 4 is 24.8 Å². The lowest BCUT2D eigenvalue weighted by molar-refractivity contribution is 0.175. The number of nitriles is 1. The Morgan fingerprint density at radius 3 is 2.08 bits per heavy atom. The lowest BCUT2D eigenvalue weighted by Crippen LogP contribution is -2.45. The molecule has 3 nitrogen and oxygen atoms in total. The van der Waals surface area contributed by atoms with Gasteiger partial charge in [0.15, 0.2) is 0 Å². The first-order valence-electron chi connectivity index (χ1n) is 7.85. The molecule has 1 atom stereocenters. The van der Waals surface area contributed by atoms with E-state index in [0.29, 0.717) is 6.42 Å². The summed E-state index contributed by atoms with van der Waals surface area (Å²) in [7, 11) is 0. The van der Waals surface area contributed by atoms with Gasteiger partial charge in [0.25, 0.3) is 0 Å². The van der Waals surface area contributed by atoms with Crippen LogP contribution in [0.1, 0.15) is 18.0 Å². The highest BCUT2D eigenvalue weighted by atomic mass is 35.5. The molecule has 0 aromatic heterocycles. The first kappa shape index (κ1) is 20.5. The molecule has 0 radical (unpaired) electrons. The Morgan fingerprint density at radius 2 is 1.50 bits per heavy atom. The number of hydrogen-bond donors (Lipinski definition) is 1. The molecule has 0 unspecified atom stereocenters. The van der Waals surface area contributed by atoms with Crippen molar-refractivity contribution in [2.45, 2.75) is 12.5 Å². The molecular weight excluding hydrogens is 341 g/mol. The van der Waals surface area contributed by atoms with E-state index >= 15 is 0 Å². The number of rotatable bonds is 4. The monoisotopic (exact) mass is 363 g/mol. The summed E-state index contributed by atoms with van der Waals surface area (Å²) in [4.78, 5) is 2.41. The zero-order valence-electron chi connectivity index (χ0n) is 13.5. The van der Waals surface area contributed by atoms with Crippen molar-refractivity contribution in [3.05, 3.63) is 60.2 Å². The molecule has 1 fully saturated rings. The maximum absolute atomic E-state index is 9.17. The molecule has 2 aromatic carbocycles. The second-order valence-corrected chi connectivity index (χ2v) is 5.65. The summed E-state index contributed by atoms with van der Waals surface area (Å²) in [6, 6.07) is 21.6. The minimum Gasteiger partial charge on any atom is -0.314 e. The summed E-state index contributed by atoms with van der Waals surface area (Å²) < 4.78 is 0. The molecule has 1 heterocycles. The Hall–Kier alpha value is -1.57. The molecule has 0 saturated carbocycles. The standard InChI is InChI=1S/C19H21N3.2ClH/c20-11-10-19(22-14-12-21-13-15-22)18-8-6-17(7-9-18)16-4-2-1-3-5-16;;/h1-9,19,21H,10,12-15H2;2*1H/t19-;;/m0../s1. The lowest BCUT2D eigenvalue weighted by atomic mass is 9.98.